The maximum atomic E-state index is 12.6. The lowest BCUT2D eigenvalue weighted by Crippen LogP contribution is -2.15. The van der Waals surface area contributed by atoms with Gasteiger partial charge in [-0.3, -0.25) is 9.36 Å². The highest BCUT2D eigenvalue weighted by Gasteiger charge is 2.20. The summed E-state index contributed by atoms with van der Waals surface area (Å²) in [5.74, 6) is 1.50. The number of carbonyl (C=O) groups is 1. The number of rotatable bonds is 10. The van der Waals surface area contributed by atoms with Crippen LogP contribution in [-0.2, 0) is 11.3 Å². The number of allylic oxidation sites excluding steroid dienone is 1. The van der Waals surface area contributed by atoms with E-state index in [2.05, 4.69) is 56.0 Å². The first-order valence-corrected chi connectivity index (χ1v) is 13.9. The molecule has 2 heterocycles. The average Bonchev–Trinajstić information content (AvgIpc) is 3.47. The number of hydrogen-bond acceptors (Lipinski definition) is 7. The van der Waals surface area contributed by atoms with Gasteiger partial charge in [0.25, 0.3) is 0 Å². The van der Waals surface area contributed by atoms with Crippen LogP contribution < -0.4 is 10.1 Å². The fourth-order valence-corrected chi connectivity index (χ4v) is 5.31. The molecule has 0 aliphatic heterocycles. The number of carbonyl (C=O) groups excluding carboxylic acids is 1. The van der Waals surface area contributed by atoms with Gasteiger partial charge >= 0.3 is 0 Å². The molecule has 10 heteroatoms. The molecule has 0 saturated heterocycles. The van der Waals surface area contributed by atoms with Crippen LogP contribution in [0, 0.1) is 13.8 Å². The van der Waals surface area contributed by atoms with Crippen molar-refractivity contribution in [2.24, 2.45) is 0 Å². The molecule has 0 radical (unpaired) electrons. The molecule has 2 aromatic heterocycles. The number of ether oxygens (including phenoxy) is 1. The Bertz CT molecular complexity index is 1370. The Kier molecular flexibility index (Phi) is 8.60. The Balaban J connectivity index is 1.39. The lowest BCUT2D eigenvalue weighted by molar-refractivity contribution is -0.113. The molecule has 0 fully saturated rings. The highest BCUT2D eigenvalue weighted by molar-refractivity contribution is 9.10. The minimum atomic E-state index is -0.325. The van der Waals surface area contributed by atoms with E-state index in [1.54, 1.807) is 6.08 Å². The van der Waals surface area contributed by atoms with E-state index in [0.717, 1.165) is 27.0 Å². The van der Waals surface area contributed by atoms with Crippen LogP contribution in [0.1, 0.15) is 30.0 Å². The number of nitrogens with one attached hydrogen (secondary N) is 1. The van der Waals surface area contributed by atoms with E-state index in [0.29, 0.717) is 22.7 Å². The number of aryl methyl sites for hydroxylation is 2. The first-order valence-electron chi connectivity index (χ1n) is 11.3. The van der Waals surface area contributed by atoms with Crippen molar-refractivity contribution in [2.75, 3.05) is 11.1 Å². The van der Waals surface area contributed by atoms with Crippen molar-refractivity contribution >= 4 is 50.1 Å². The van der Waals surface area contributed by atoms with E-state index in [-0.39, 0.29) is 17.8 Å². The summed E-state index contributed by atoms with van der Waals surface area (Å²) in [6.07, 6.45) is 1.45. The molecular formula is C26H26BrN5O2S2. The molecule has 186 valence electrons. The van der Waals surface area contributed by atoms with Gasteiger partial charge in [-0.05, 0) is 44.5 Å². The average molecular weight is 585 g/mol. The lowest BCUT2D eigenvalue weighted by Gasteiger charge is -2.17. The molecule has 2 aromatic carbocycles. The monoisotopic (exact) mass is 583 g/mol. The number of benzene rings is 2. The Hall–Kier alpha value is -2.95. The van der Waals surface area contributed by atoms with E-state index in [1.165, 1.54) is 28.7 Å². The summed E-state index contributed by atoms with van der Waals surface area (Å²) in [7, 11) is 0. The minimum Gasteiger partial charge on any atom is -0.482 e. The van der Waals surface area contributed by atoms with E-state index in [4.69, 9.17) is 4.74 Å². The summed E-state index contributed by atoms with van der Waals surface area (Å²) < 4.78 is 9.11. The second-order valence-corrected chi connectivity index (χ2v) is 10.9. The molecule has 0 bridgehead atoms. The highest BCUT2D eigenvalue weighted by atomic mass is 79.9. The zero-order valence-corrected chi connectivity index (χ0v) is 23.4. The molecule has 0 saturated carbocycles. The molecule has 1 amide bonds. The molecule has 0 spiro atoms. The second-order valence-electron chi connectivity index (χ2n) is 8.15. The van der Waals surface area contributed by atoms with Crippen molar-refractivity contribution in [2.45, 2.75) is 38.6 Å². The number of amides is 1. The van der Waals surface area contributed by atoms with Gasteiger partial charge in [0.2, 0.25) is 5.91 Å². The normalized spacial score (nSPS) is 11.8. The minimum absolute atomic E-state index is 0.161. The largest absolute Gasteiger partial charge is 0.482 e. The third-order valence-corrected chi connectivity index (χ3v) is 7.53. The van der Waals surface area contributed by atoms with Crippen LogP contribution in [0.4, 0.5) is 5.13 Å². The van der Waals surface area contributed by atoms with Gasteiger partial charge in [-0.25, -0.2) is 4.98 Å². The second kappa shape index (κ2) is 11.9. The Labute approximate surface area is 227 Å². The van der Waals surface area contributed by atoms with Crippen LogP contribution in [0.15, 0.2) is 70.1 Å². The van der Waals surface area contributed by atoms with Crippen LogP contribution in [0.2, 0.25) is 0 Å². The predicted octanol–water partition coefficient (Wildman–Crippen LogP) is 6.84. The summed E-state index contributed by atoms with van der Waals surface area (Å²) >= 11 is 6.14. The SMILES string of the molecule is C=CCn1c(SCC(=O)Nc2nc(-c3ccc(Br)cc3)cs2)nnc1C(C)Oc1ccc(C)cc1C. The van der Waals surface area contributed by atoms with Crippen molar-refractivity contribution in [1.82, 2.24) is 19.7 Å². The van der Waals surface area contributed by atoms with Gasteiger partial charge < -0.3 is 10.1 Å². The zero-order valence-electron chi connectivity index (χ0n) is 20.2. The van der Waals surface area contributed by atoms with Gasteiger partial charge in [0.05, 0.1) is 11.4 Å². The van der Waals surface area contributed by atoms with E-state index >= 15 is 0 Å². The van der Waals surface area contributed by atoms with Gasteiger partial charge in [-0.1, -0.05) is 63.6 Å². The van der Waals surface area contributed by atoms with Crippen LogP contribution >= 0.6 is 39.0 Å². The van der Waals surface area contributed by atoms with Crippen molar-refractivity contribution in [3.63, 3.8) is 0 Å². The smallest absolute Gasteiger partial charge is 0.236 e. The molecule has 0 aliphatic carbocycles. The van der Waals surface area contributed by atoms with Gasteiger partial charge in [-0.15, -0.1) is 28.1 Å². The third kappa shape index (κ3) is 6.43. The number of aromatic nitrogens is 4. The Morgan fingerprint density at radius 3 is 2.75 bits per heavy atom. The maximum absolute atomic E-state index is 12.6. The van der Waals surface area contributed by atoms with Crippen LogP contribution in [0.25, 0.3) is 11.3 Å². The number of anilines is 1. The van der Waals surface area contributed by atoms with Crippen molar-refractivity contribution in [1.29, 1.82) is 0 Å². The summed E-state index contributed by atoms with van der Waals surface area (Å²) in [6, 6.07) is 14.0. The quantitative estimate of drug-likeness (QED) is 0.162. The predicted molar refractivity (Wildman–Crippen MR) is 150 cm³/mol. The van der Waals surface area contributed by atoms with Gasteiger partial charge in [-0.2, -0.15) is 0 Å². The van der Waals surface area contributed by atoms with Gasteiger partial charge in [0.1, 0.15) is 5.75 Å². The fourth-order valence-electron chi connectivity index (χ4n) is 3.55. The maximum Gasteiger partial charge on any atom is 0.236 e. The first kappa shape index (κ1) is 26.1. The third-order valence-electron chi connectivity index (χ3n) is 5.28. The van der Waals surface area contributed by atoms with E-state index < -0.39 is 0 Å². The molecular weight excluding hydrogens is 558 g/mol. The van der Waals surface area contributed by atoms with Crippen LogP contribution in [-0.4, -0.2) is 31.4 Å². The summed E-state index contributed by atoms with van der Waals surface area (Å²) in [6.45, 7) is 10.4. The molecule has 4 rings (SSSR count). The summed E-state index contributed by atoms with van der Waals surface area (Å²) in [5, 5.41) is 14.7. The lowest BCUT2D eigenvalue weighted by atomic mass is 10.1. The Morgan fingerprint density at radius 1 is 1.25 bits per heavy atom. The molecule has 1 N–H and O–H groups in total. The van der Waals surface area contributed by atoms with Crippen LogP contribution in [0.3, 0.4) is 0 Å². The Morgan fingerprint density at radius 2 is 2.03 bits per heavy atom. The van der Waals surface area contributed by atoms with Crippen LogP contribution in [0.5, 0.6) is 5.75 Å². The molecule has 7 nitrogen and oxygen atoms in total. The number of nitrogens with zero attached hydrogens (tertiary/aromatic N) is 4. The zero-order chi connectivity index (χ0) is 25.7. The van der Waals surface area contributed by atoms with Gasteiger partial charge in [0.15, 0.2) is 22.2 Å². The molecule has 1 atom stereocenters. The number of thioether (sulfide) groups is 1. The molecule has 36 heavy (non-hydrogen) atoms. The summed E-state index contributed by atoms with van der Waals surface area (Å²) in [4.78, 5) is 17.1. The van der Waals surface area contributed by atoms with E-state index in [9.17, 15) is 4.79 Å². The fraction of sp³-hybridized carbons (Fsp3) is 0.231. The highest BCUT2D eigenvalue weighted by Crippen LogP contribution is 2.28. The summed E-state index contributed by atoms with van der Waals surface area (Å²) in [5.41, 5.74) is 4.06. The molecule has 1 unspecified atom stereocenters. The van der Waals surface area contributed by atoms with E-state index in [1.807, 2.05) is 60.2 Å². The number of hydrogen-bond donors (Lipinski definition) is 1. The first-order chi connectivity index (χ1) is 17.3. The molecule has 4 aromatic rings. The van der Waals surface area contributed by atoms with Crippen molar-refractivity contribution < 1.29 is 9.53 Å². The van der Waals surface area contributed by atoms with Gasteiger partial charge in [0, 0.05) is 22.0 Å². The number of halogens is 1. The van der Waals surface area contributed by atoms with Crippen molar-refractivity contribution in [3.05, 3.63) is 81.9 Å². The number of thiazole rings is 1. The molecule has 0 aliphatic rings. The standard InChI is InChI=1S/C26H26BrN5O2S2/c1-5-12-32-24(18(4)34-22-11-6-16(2)13-17(22)3)30-31-26(32)36-15-23(33)29-25-28-21(14-35-25)19-7-9-20(27)10-8-19/h5-11,13-14,18H,1,12,15H2,2-4H3,(H,28,29,33). The topological polar surface area (TPSA) is 81.9 Å². The van der Waals surface area contributed by atoms with Crippen molar-refractivity contribution in [3.8, 4) is 17.0 Å².